The monoisotopic (exact) mass is 334 g/mol. The molecule has 6 heteroatoms. The summed E-state index contributed by atoms with van der Waals surface area (Å²) in [5.41, 5.74) is 2.13. The zero-order valence-electron chi connectivity index (χ0n) is 12.5. The Hall–Kier alpha value is -1.66. The largest absolute Gasteiger partial charge is 0.494 e. The Morgan fingerprint density at radius 2 is 2.09 bits per heavy atom. The third-order valence-corrected chi connectivity index (χ3v) is 5.70. The van der Waals surface area contributed by atoms with Crippen LogP contribution in [-0.2, 0) is 5.75 Å². The van der Waals surface area contributed by atoms with Gasteiger partial charge in [-0.1, -0.05) is 6.07 Å². The Morgan fingerprint density at radius 3 is 2.82 bits per heavy atom. The molecular formula is C16H15FN2OS2. The lowest BCUT2D eigenvalue weighted by atomic mass is 10.2. The highest BCUT2D eigenvalue weighted by molar-refractivity contribution is 7.98. The van der Waals surface area contributed by atoms with Crippen LogP contribution in [0.5, 0.6) is 5.75 Å². The van der Waals surface area contributed by atoms with E-state index in [0.717, 1.165) is 20.8 Å². The second-order valence-electron chi connectivity index (χ2n) is 4.90. The van der Waals surface area contributed by atoms with Crippen molar-refractivity contribution in [3.63, 3.8) is 0 Å². The minimum Gasteiger partial charge on any atom is -0.494 e. The summed E-state index contributed by atoms with van der Waals surface area (Å²) in [6, 6.07) is 5.04. The van der Waals surface area contributed by atoms with Crippen molar-refractivity contribution < 1.29 is 9.13 Å². The van der Waals surface area contributed by atoms with E-state index >= 15 is 0 Å². The first-order chi connectivity index (χ1) is 10.6. The number of ether oxygens (including phenoxy) is 1. The molecule has 0 N–H and O–H groups in total. The van der Waals surface area contributed by atoms with Crippen LogP contribution < -0.4 is 4.74 Å². The highest BCUT2D eigenvalue weighted by Gasteiger charge is 2.12. The number of rotatable bonds is 4. The van der Waals surface area contributed by atoms with Crippen molar-refractivity contribution in [1.29, 1.82) is 0 Å². The number of fused-ring (bicyclic) bond motifs is 1. The molecule has 114 valence electrons. The maximum absolute atomic E-state index is 13.7. The minimum absolute atomic E-state index is 0.266. The number of hydrogen-bond acceptors (Lipinski definition) is 5. The molecule has 3 nitrogen and oxygen atoms in total. The second kappa shape index (κ2) is 6.22. The van der Waals surface area contributed by atoms with Crippen molar-refractivity contribution in [2.45, 2.75) is 24.6 Å². The Bertz CT molecular complexity index is 832. The highest BCUT2D eigenvalue weighted by atomic mass is 32.2. The smallest absolute Gasteiger partial charge is 0.165 e. The van der Waals surface area contributed by atoms with E-state index in [9.17, 15) is 4.39 Å². The summed E-state index contributed by atoms with van der Waals surface area (Å²) in [6.45, 7) is 4.18. The van der Waals surface area contributed by atoms with Crippen LogP contribution in [0.1, 0.15) is 16.0 Å². The number of thioether (sulfide) groups is 1. The molecule has 0 radical (unpaired) electrons. The first-order valence-corrected chi connectivity index (χ1v) is 8.56. The minimum atomic E-state index is -0.337. The van der Waals surface area contributed by atoms with E-state index < -0.39 is 0 Å². The van der Waals surface area contributed by atoms with E-state index in [1.54, 1.807) is 35.5 Å². The number of hydrogen-bond donors (Lipinski definition) is 0. The van der Waals surface area contributed by atoms with E-state index in [-0.39, 0.29) is 11.6 Å². The van der Waals surface area contributed by atoms with E-state index in [1.807, 2.05) is 6.07 Å². The summed E-state index contributed by atoms with van der Waals surface area (Å²) in [4.78, 5) is 11.0. The van der Waals surface area contributed by atoms with E-state index in [4.69, 9.17) is 4.74 Å². The normalized spacial score (nSPS) is 11.1. The van der Waals surface area contributed by atoms with Crippen molar-refractivity contribution >= 4 is 33.3 Å². The van der Waals surface area contributed by atoms with Gasteiger partial charge in [0.15, 0.2) is 11.6 Å². The predicted octanol–water partition coefficient (Wildman–Crippen LogP) is 4.75. The lowest BCUT2D eigenvalue weighted by molar-refractivity contribution is 0.386. The first kappa shape index (κ1) is 15.2. The predicted molar refractivity (Wildman–Crippen MR) is 89.4 cm³/mol. The van der Waals surface area contributed by atoms with Crippen LogP contribution in [0.2, 0.25) is 0 Å². The lowest BCUT2D eigenvalue weighted by Crippen LogP contribution is -1.91. The fourth-order valence-electron chi connectivity index (χ4n) is 2.21. The molecule has 0 spiro atoms. The summed E-state index contributed by atoms with van der Waals surface area (Å²) >= 11 is 3.28. The highest BCUT2D eigenvalue weighted by Crippen LogP contribution is 2.35. The fourth-order valence-corrected chi connectivity index (χ4v) is 4.27. The summed E-state index contributed by atoms with van der Waals surface area (Å²) < 4.78 is 18.7. The van der Waals surface area contributed by atoms with Crippen molar-refractivity contribution in [3.8, 4) is 5.75 Å². The maximum atomic E-state index is 13.7. The molecule has 2 aromatic heterocycles. The molecule has 0 saturated heterocycles. The third kappa shape index (κ3) is 2.80. The number of halogens is 1. The molecule has 0 aliphatic heterocycles. The average Bonchev–Trinajstić information content (AvgIpc) is 2.81. The molecule has 0 fully saturated rings. The molecule has 22 heavy (non-hydrogen) atoms. The Kier molecular flexibility index (Phi) is 4.31. The van der Waals surface area contributed by atoms with Crippen LogP contribution in [0.3, 0.4) is 0 Å². The zero-order chi connectivity index (χ0) is 15.7. The topological polar surface area (TPSA) is 35.0 Å². The van der Waals surface area contributed by atoms with Crippen LogP contribution in [-0.4, -0.2) is 17.1 Å². The van der Waals surface area contributed by atoms with Gasteiger partial charge in [-0.3, -0.25) is 0 Å². The number of aromatic nitrogens is 2. The Balaban J connectivity index is 1.86. The van der Waals surface area contributed by atoms with Gasteiger partial charge in [-0.15, -0.1) is 23.1 Å². The third-order valence-electron chi connectivity index (χ3n) is 3.52. The van der Waals surface area contributed by atoms with Gasteiger partial charge >= 0.3 is 0 Å². The Morgan fingerprint density at radius 1 is 1.27 bits per heavy atom. The molecule has 0 aliphatic carbocycles. The number of benzene rings is 1. The maximum Gasteiger partial charge on any atom is 0.165 e. The molecule has 0 aliphatic rings. The summed E-state index contributed by atoms with van der Waals surface area (Å²) in [5.74, 6) is 0.583. The van der Waals surface area contributed by atoms with E-state index in [1.165, 1.54) is 23.6 Å². The molecule has 3 rings (SSSR count). The molecule has 0 atom stereocenters. The molecule has 2 heterocycles. The van der Waals surface area contributed by atoms with Crippen molar-refractivity contribution in [1.82, 2.24) is 9.97 Å². The zero-order valence-corrected chi connectivity index (χ0v) is 14.1. The van der Waals surface area contributed by atoms with Crippen molar-refractivity contribution in [3.05, 3.63) is 46.3 Å². The average molecular weight is 334 g/mol. The molecule has 3 aromatic rings. The van der Waals surface area contributed by atoms with Gasteiger partial charge in [0.2, 0.25) is 0 Å². The number of methoxy groups -OCH3 is 1. The van der Waals surface area contributed by atoms with Gasteiger partial charge in [-0.05, 0) is 37.1 Å². The van der Waals surface area contributed by atoms with Gasteiger partial charge < -0.3 is 4.74 Å². The summed E-state index contributed by atoms with van der Waals surface area (Å²) in [5, 5.41) is 2.06. The lowest BCUT2D eigenvalue weighted by Gasteiger charge is -2.06. The number of aryl methyl sites for hydroxylation is 2. The van der Waals surface area contributed by atoms with Crippen LogP contribution in [0.25, 0.3) is 10.2 Å². The molecule has 0 bridgehead atoms. The molecule has 0 saturated carbocycles. The van der Waals surface area contributed by atoms with Crippen LogP contribution in [0.4, 0.5) is 4.39 Å². The molecule has 1 aromatic carbocycles. The van der Waals surface area contributed by atoms with Gasteiger partial charge in [0, 0.05) is 16.0 Å². The van der Waals surface area contributed by atoms with Crippen molar-refractivity contribution in [2.24, 2.45) is 0 Å². The van der Waals surface area contributed by atoms with E-state index in [2.05, 4.69) is 23.8 Å². The number of nitrogens with zero attached hydrogens (tertiary/aromatic N) is 2. The summed E-state index contributed by atoms with van der Waals surface area (Å²) in [6.07, 6.45) is 1.59. The van der Waals surface area contributed by atoms with Gasteiger partial charge in [-0.2, -0.15) is 0 Å². The molecular weight excluding hydrogens is 319 g/mol. The Labute approximate surface area is 136 Å². The fraction of sp³-hybridized carbons (Fsp3) is 0.250. The second-order valence-corrected chi connectivity index (χ2v) is 7.07. The van der Waals surface area contributed by atoms with Crippen LogP contribution in [0.15, 0.2) is 29.6 Å². The first-order valence-electron chi connectivity index (χ1n) is 6.76. The molecule has 0 unspecified atom stereocenters. The summed E-state index contributed by atoms with van der Waals surface area (Å²) in [7, 11) is 1.46. The quantitative estimate of drug-likeness (QED) is 0.509. The standard InChI is InChI=1S/C16H15FN2OS2/c1-9-10(2)22-16-14(9)15(18-8-19-16)21-7-11-4-5-13(20-3)12(17)6-11/h4-6,8H,7H2,1-3H3. The van der Waals surface area contributed by atoms with Gasteiger partial charge in [0.25, 0.3) is 0 Å². The SMILES string of the molecule is COc1ccc(CSc2ncnc3sc(C)c(C)c23)cc1F. The van der Waals surface area contributed by atoms with Gasteiger partial charge in [-0.25, -0.2) is 14.4 Å². The van der Waals surface area contributed by atoms with Crippen LogP contribution in [0, 0.1) is 19.7 Å². The number of thiophene rings is 1. The van der Waals surface area contributed by atoms with E-state index in [0.29, 0.717) is 5.75 Å². The van der Waals surface area contributed by atoms with Gasteiger partial charge in [0.05, 0.1) is 7.11 Å². The van der Waals surface area contributed by atoms with Gasteiger partial charge in [0.1, 0.15) is 16.2 Å². The van der Waals surface area contributed by atoms with Crippen molar-refractivity contribution in [2.75, 3.05) is 7.11 Å². The molecule has 0 amide bonds. The van der Waals surface area contributed by atoms with Crippen LogP contribution >= 0.6 is 23.1 Å².